The maximum atomic E-state index is 11.4. The zero-order valence-electron chi connectivity index (χ0n) is 8.13. The third kappa shape index (κ3) is 1.27. The second-order valence-corrected chi connectivity index (χ2v) is 3.21. The van der Waals surface area contributed by atoms with Gasteiger partial charge in [0.2, 0.25) is 0 Å². The monoisotopic (exact) mass is 189 g/mol. The fourth-order valence-corrected chi connectivity index (χ4v) is 1.52. The van der Waals surface area contributed by atoms with Gasteiger partial charge in [-0.05, 0) is 18.6 Å². The van der Waals surface area contributed by atoms with E-state index < -0.39 is 0 Å². The number of H-pyrrole nitrogens is 1. The highest BCUT2D eigenvalue weighted by molar-refractivity contribution is 5.82. The van der Waals surface area contributed by atoms with E-state index in [1.165, 1.54) is 7.11 Å². The fraction of sp³-hybridized carbons (Fsp3) is 0.182. The number of fused-ring (bicyclic) bond motifs is 1. The van der Waals surface area contributed by atoms with Gasteiger partial charge in [0.05, 0.1) is 12.6 Å². The van der Waals surface area contributed by atoms with Gasteiger partial charge in [-0.3, -0.25) is 4.79 Å². The minimum absolute atomic E-state index is 0.186. The molecule has 0 spiro atoms. The highest BCUT2D eigenvalue weighted by atomic mass is 16.5. The number of methoxy groups -OCH3 is 1. The number of para-hydroxylation sites is 1. The van der Waals surface area contributed by atoms with Crippen molar-refractivity contribution in [1.82, 2.24) is 4.98 Å². The number of aryl methyl sites for hydroxylation is 1. The highest BCUT2D eigenvalue weighted by Gasteiger charge is 2.03. The molecular weight excluding hydrogens is 178 g/mol. The second kappa shape index (κ2) is 3.18. The summed E-state index contributed by atoms with van der Waals surface area (Å²) < 4.78 is 4.95. The van der Waals surface area contributed by atoms with Crippen LogP contribution in [0.4, 0.5) is 0 Å². The molecular formula is C11H11NO2. The average molecular weight is 189 g/mol. The normalized spacial score (nSPS) is 10.4. The van der Waals surface area contributed by atoms with Crippen LogP contribution in [-0.4, -0.2) is 12.1 Å². The number of aromatic nitrogens is 1. The number of aromatic amines is 1. The van der Waals surface area contributed by atoms with Crippen molar-refractivity contribution in [2.24, 2.45) is 0 Å². The maximum Gasteiger partial charge on any atom is 0.290 e. The van der Waals surface area contributed by atoms with Crippen LogP contribution in [-0.2, 0) is 0 Å². The molecule has 0 aliphatic heterocycles. The smallest absolute Gasteiger partial charge is 0.290 e. The van der Waals surface area contributed by atoms with E-state index in [4.69, 9.17) is 4.74 Å². The lowest BCUT2D eigenvalue weighted by Crippen LogP contribution is -2.09. The first kappa shape index (κ1) is 8.81. The van der Waals surface area contributed by atoms with Gasteiger partial charge in [0, 0.05) is 5.39 Å². The SMILES string of the molecule is COc1cc2cccc(C)c2[nH]c1=O. The quantitative estimate of drug-likeness (QED) is 0.743. The van der Waals surface area contributed by atoms with Crippen molar-refractivity contribution in [1.29, 1.82) is 0 Å². The van der Waals surface area contributed by atoms with Crippen molar-refractivity contribution in [2.75, 3.05) is 7.11 Å². The van der Waals surface area contributed by atoms with Crippen molar-refractivity contribution in [3.63, 3.8) is 0 Å². The van der Waals surface area contributed by atoms with Gasteiger partial charge in [0.25, 0.3) is 5.56 Å². The number of pyridine rings is 1. The Morgan fingerprint density at radius 2 is 2.14 bits per heavy atom. The van der Waals surface area contributed by atoms with E-state index in [0.29, 0.717) is 5.75 Å². The lowest BCUT2D eigenvalue weighted by Gasteiger charge is -2.03. The molecule has 0 unspecified atom stereocenters. The number of hydrogen-bond donors (Lipinski definition) is 1. The molecule has 0 amide bonds. The molecule has 1 heterocycles. The van der Waals surface area contributed by atoms with Gasteiger partial charge in [0.15, 0.2) is 5.75 Å². The van der Waals surface area contributed by atoms with E-state index >= 15 is 0 Å². The first-order chi connectivity index (χ1) is 6.72. The van der Waals surface area contributed by atoms with Gasteiger partial charge in [-0.2, -0.15) is 0 Å². The van der Waals surface area contributed by atoms with Crippen LogP contribution in [0.1, 0.15) is 5.56 Å². The summed E-state index contributed by atoms with van der Waals surface area (Å²) >= 11 is 0. The lowest BCUT2D eigenvalue weighted by atomic mass is 10.1. The fourth-order valence-electron chi connectivity index (χ4n) is 1.52. The molecule has 0 aliphatic carbocycles. The van der Waals surface area contributed by atoms with Crippen molar-refractivity contribution >= 4 is 10.9 Å². The molecule has 0 radical (unpaired) electrons. The molecule has 0 atom stereocenters. The molecule has 0 saturated carbocycles. The molecule has 1 N–H and O–H groups in total. The number of ether oxygens (including phenoxy) is 1. The first-order valence-electron chi connectivity index (χ1n) is 4.39. The Balaban J connectivity index is 2.86. The summed E-state index contributed by atoms with van der Waals surface area (Å²) in [6, 6.07) is 7.61. The van der Waals surface area contributed by atoms with E-state index in [-0.39, 0.29) is 5.56 Å². The predicted octanol–water partition coefficient (Wildman–Crippen LogP) is 1.85. The largest absolute Gasteiger partial charge is 0.491 e. The van der Waals surface area contributed by atoms with E-state index in [1.807, 2.05) is 25.1 Å². The van der Waals surface area contributed by atoms with Gasteiger partial charge in [-0.25, -0.2) is 0 Å². The summed E-state index contributed by atoms with van der Waals surface area (Å²) in [5, 5.41) is 0.987. The molecule has 0 aliphatic rings. The number of hydrogen-bond acceptors (Lipinski definition) is 2. The number of benzene rings is 1. The van der Waals surface area contributed by atoms with Crippen LogP contribution in [0, 0.1) is 6.92 Å². The summed E-state index contributed by atoms with van der Waals surface area (Å²) in [5.74, 6) is 0.350. The summed E-state index contributed by atoms with van der Waals surface area (Å²) in [6.45, 7) is 1.96. The molecule has 0 saturated heterocycles. The number of rotatable bonds is 1. The van der Waals surface area contributed by atoms with Crippen LogP contribution in [0.2, 0.25) is 0 Å². The Hall–Kier alpha value is -1.77. The van der Waals surface area contributed by atoms with Crippen molar-refractivity contribution in [3.05, 3.63) is 40.2 Å². The zero-order chi connectivity index (χ0) is 10.1. The third-order valence-electron chi connectivity index (χ3n) is 2.27. The Kier molecular flexibility index (Phi) is 2.00. The molecule has 72 valence electrons. The molecule has 1 aromatic heterocycles. The van der Waals surface area contributed by atoms with Crippen LogP contribution in [0.3, 0.4) is 0 Å². The van der Waals surface area contributed by atoms with Crippen molar-refractivity contribution in [2.45, 2.75) is 6.92 Å². The molecule has 2 aromatic rings. The average Bonchev–Trinajstić information content (AvgIpc) is 2.19. The molecule has 0 bridgehead atoms. The standard InChI is InChI=1S/C11H11NO2/c1-7-4-3-5-8-6-9(14-2)11(13)12-10(7)8/h3-6H,1-2H3,(H,12,13). The van der Waals surface area contributed by atoms with Crippen molar-refractivity contribution < 1.29 is 4.74 Å². The Morgan fingerprint density at radius 3 is 2.86 bits per heavy atom. The number of nitrogens with one attached hydrogen (secondary N) is 1. The van der Waals surface area contributed by atoms with Gasteiger partial charge in [-0.1, -0.05) is 18.2 Å². The maximum absolute atomic E-state index is 11.4. The minimum Gasteiger partial charge on any atom is -0.491 e. The van der Waals surface area contributed by atoms with Crippen LogP contribution in [0.15, 0.2) is 29.1 Å². The van der Waals surface area contributed by atoms with Crippen LogP contribution >= 0.6 is 0 Å². The molecule has 3 heteroatoms. The van der Waals surface area contributed by atoms with Gasteiger partial charge >= 0.3 is 0 Å². The van der Waals surface area contributed by atoms with E-state index in [1.54, 1.807) is 6.07 Å². The third-order valence-corrected chi connectivity index (χ3v) is 2.27. The second-order valence-electron chi connectivity index (χ2n) is 3.21. The Morgan fingerprint density at radius 1 is 1.36 bits per heavy atom. The van der Waals surface area contributed by atoms with Crippen molar-refractivity contribution in [3.8, 4) is 5.75 Å². The van der Waals surface area contributed by atoms with Gasteiger partial charge in [0.1, 0.15) is 0 Å². The van der Waals surface area contributed by atoms with Gasteiger partial charge in [-0.15, -0.1) is 0 Å². The topological polar surface area (TPSA) is 42.1 Å². The Labute approximate surface area is 81.3 Å². The molecule has 1 aromatic carbocycles. The molecule has 2 rings (SSSR count). The van der Waals surface area contributed by atoms with Crippen LogP contribution < -0.4 is 10.3 Å². The first-order valence-corrected chi connectivity index (χ1v) is 4.39. The van der Waals surface area contributed by atoms with Gasteiger partial charge < -0.3 is 9.72 Å². The summed E-state index contributed by atoms with van der Waals surface area (Å²) in [7, 11) is 1.49. The minimum atomic E-state index is -0.186. The predicted molar refractivity (Wildman–Crippen MR) is 55.9 cm³/mol. The summed E-state index contributed by atoms with van der Waals surface area (Å²) in [4.78, 5) is 14.2. The van der Waals surface area contributed by atoms with E-state index in [9.17, 15) is 4.79 Å². The van der Waals surface area contributed by atoms with Crippen LogP contribution in [0.5, 0.6) is 5.75 Å². The summed E-state index contributed by atoms with van der Waals surface area (Å²) in [5.41, 5.74) is 1.75. The molecule has 3 nitrogen and oxygen atoms in total. The summed E-state index contributed by atoms with van der Waals surface area (Å²) in [6.07, 6.45) is 0. The molecule has 0 fully saturated rings. The zero-order valence-corrected chi connectivity index (χ0v) is 8.13. The molecule has 14 heavy (non-hydrogen) atoms. The van der Waals surface area contributed by atoms with E-state index in [2.05, 4.69) is 4.98 Å². The Bertz CT molecular complexity index is 528. The highest BCUT2D eigenvalue weighted by Crippen LogP contribution is 2.17. The van der Waals surface area contributed by atoms with E-state index in [0.717, 1.165) is 16.5 Å². The van der Waals surface area contributed by atoms with Crippen LogP contribution in [0.25, 0.3) is 10.9 Å². The lowest BCUT2D eigenvalue weighted by molar-refractivity contribution is 0.409.